The fraction of sp³-hybridized carbons (Fsp3) is 0.615. The molecule has 4 heteroatoms. The van der Waals surface area contributed by atoms with Gasteiger partial charge in [0, 0.05) is 6.42 Å². The smallest absolute Gasteiger partial charge is 0.220 e. The zero-order chi connectivity index (χ0) is 12.7. The van der Waals surface area contributed by atoms with Crippen molar-refractivity contribution in [1.29, 1.82) is 0 Å². The molecule has 0 aliphatic heterocycles. The maximum atomic E-state index is 11.7. The second-order valence-corrected chi connectivity index (χ2v) is 4.53. The molecule has 1 heterocycles. The highest BCUT2D eigenvalue weighted by molar-refractivity contribution is 5.76. The van der Waals surface area contributed by atoms with Gasteiger partial charge in [0.2, 0.25) is 5.91 Å². The van der Waals surface area contributed by atoms with E-state index >= 15 is 0 Å². The quantitative estimate of drug-likeness (QED) is 0.765. The summed E-state index contributed by atoms with van der Waals surface area (Å²) in [7, 11) is 0. The third-order valence-electron chi connectivity index (χ3n) is 2.87. The minimum atomic E-state index is -0.0673. The summed E-state index contributed by atoms with van der Waals surface area (Å²) in [5.41, 5.74) is 5.47. The first-order chi connectivity index (χ1) is 8.13. The van der Waals surface area contributed by atoms with Crippen molar-refractivity contribution in [1.82, 2.24) is 5.32 Å². The van der Waals surface area contributed by atoms with Gasteiger partial charge >= 0.3 is 0 Å². The number of hydrogen-bond acceptors (Lipinski definition) is 3. The van der Waals surface area contributed by atoms with Crippen molar-refractivity contribution >= 4 is 5.91 Å². The number of nitrogens with two attached hydrogens (primary N) is 1. The van der Waals surface area contributed by atoms with E-state index in [4.69, 9.17) is 10.2 Å². The first-order valence-electron chi connectivity index (χ1n) is 6.16. The van der Waals surface area contributed by atoms with Crippen LogP contribution >= 0.6 is 0 Å². The number of amides is 1. The van der Waals surface area contributed by atoms with Gasteiger partial charge in [-0.05, 0) is 44.4 Å². The summed E-state index contributed by atoms with van der Waals surface area (Å²) in [5.74, 6) is 1.36. The predicted octanol–water partition coefficient (Wildman–Crippen LogP) is 2.22. The van der Waals surface area contributed by atoms with Gasteiger partial charge in [0.05, 0.1) is 12.3 Å². The van der Waals surface area contributed by atoms with Crippen LogP contribution in [0.25, 0.3) is 0 Å². The van der Waals surface area contributed by atoms with Gasteiger partial charge in [-0.15, -0.1) is 0 Å². The van der Waals surface area contributed by atoms with Gasteiger partial charge in [-0.3, -0.25) is 4.79 Å². The zero-order valence-electron chi connectivity index (χ0n) is 10.6. The molecule has 0 saturated carbocycles. The molecule has 1 rings (SSSR count). The molecule has 0 aliphatic rings. The standard InChI is InChI=1S/C13H22N2O2/c1-10(7-8-14)5-6-13(16)15-11(2)12-4-3-9-17-12/h3-4,9-11H,5-8,14H2,1-2H3,(H,15,16). The number of furan rings is 1. The first kappa shape index (κ1) is 13.8. The highest BCUT2D eigenvalue weighted by Gasteiger charge is 2.12. The van der Waals surface area contributed by atoms with E-state index in [9.17, 15) is 4.79 Å². The maximum absolute atomic E-state index is 11.7. The Morgan fingerprint density at radius 2 is 2.24 bits per heavy atom. The Balaban J connectivity index is 2.25. The van der Waals surface area contributed by atoms with Crippen LogP contribution in [0.2, 0.25) is 0 Å². The van der Waals surface area contributed by atoms with Gasteiger partial charge in [0.1, 0.15) is 5.76 Å². The summed E-state index contributed by atoms with van der Waals surface area (Å²) in [6.45, 7) is 4.72. The Morgan fingerprint density at radius 3 is 2.82 bits per heavy atom. The SMILES string of the molecule is CC(CCN)CCC(=O)NC(C)c1ccco1. The van der Waals surface area contributed by atoms with Gasteiger partial charge < -0.3 is 15.5 Å². The second-order valence-electron chi connectivity index (χ2n) is 4.53. The minimum Gasteiger partial charge on any atom is -0.467 e. The van der Waals surface area contributed by atoms with Crippen LogP contribution in [0.1, 0.15) is 44.9 Å². The largest absolute Gasteiger partial charge is 0.467 e. The van der Waals surface area contributed by atoms with Gasteiger partial charge in [-0.1, -0.05) is 6.92 Å². The number of nitrogens with one attached hydrogen (secondary N) is 1. The van der Waals surface area contributed by atoms with Crippen molar-refractivity contribution in [3.8, 4) is 0 Å². The number of carbonyl (C=O) groups excluding carboxylic acids is 1. The molecule has 1 amide bonds. The van der Waals surface area contributed by atoms with Crippen molar-refractivity contribution in [2.24, 2.45) is 11.7 Å². The van der Waals surface area contributed by atoms with Crippen LogP contribution < -0.4 is 11.1 Å². The van der Waals surface area contributed by atoms with E-state index in [0.29, 0.717) is 18.9 Å². The summed E-state index contributed by atoms with van der Waals surface area (Å²) in [4.78, 5) is 11.7. The monoisotopic (exact) mass is 238 g/mol. The molecule has 17 heavy (non-hydrogen) atoms. The predicted molar refractivity (Wildman–Crippen MR) is 67.3 cm³/mol. The highest BCUT2D eigenvalue weighted by Crippen LogP contribution is 2.14. The van der Waals surface area contributed by atoms with Crippen LogP contribution in [0.3, 0.4) is 0 Å². The van der Waals surface area contributed by atoms with Crippen molar-refractivity contribution in [2.75, 3.05) is 6.54 Å². The van der Waals surface area contributed by atoms with Crippen LogP contribution in [0.5, 0.6) is 0 Å². The summed E-state index contributed by atoms with van der Waals surface area (Å²) in [6.07, 6.45) is 4.02. The molecule has 96 valence electrons. The second kappa shape index (κ2) is 7.12. The van der Waals surface area contributed by atoms with Crippen LogP contribution in [-0.4, -0.2) is 12.5 Å². The molecule has 1 aromatic rings. The van der Waals surface area contributed by atoms with Gasteiger partial charge in [-0.25, -0.2) is 0 Å². The topological polar surface area (TPSA) is 68.3 Å². The van der Waals surface area contributed by atoms with Gasteiger partial charge in [0.15, 0.2) is 0 Å². The Kier molecular flexibility index (Phi) is 5.77. The summed E-state index contributed by atoms with van der Waals surface area (Å²) >= 11 is 0. The third-order valence-corrected chi connectivity index (χ3v) is 2.87. The number of rotatable bonds is 7. The van der Waals surface area contributed by atoms with Crippen molar-refractivity contribution in [3.05, 3.63) is 24.2 Å². The van der Waals surface area contributed by atoms with Gasteiger partial charge in [0.25, 0.3) is 0 Å². The normalized spacial score (nSPS) is 14.3. The van der Waals surface area contributed by atoms with E-state index in [1.807, 2.05) is 19.1 Å². The molecule has 2 atom stereocenters. The van der Waals surface area contributed by atoms with E-state index in [0.717, 1.165) is 18.6 Å². The van der Waals surface area contributed by atoms with Gasteiger partial charge in [-0.2, -0.15) is 0 Å². The zero-order valence-corrected chi connectivity index (χ0v) is 10.6. The molecule has 0 fully saturated rings. The molecule has 1 aromatic heterocycles. The molecular formula is C13H22N2O2. The summed E-state index contributed by atoms with van der Waals surface area (Å²) in [6, 6.07) is 3.62. The lowest BCUT2D eigenvalue weighted by Gasteiger charge is -2.13. The number of hydrogen-bond donors (Lipinski definition) is 2. The molecule has 0 spiro atoms. The summed E-state index contributed by atoms with van der Waals surface area (Å²) < 4.78 is 5.23. The third kappa shape index (κ3) is 5.04. The molecule has 4 nitrogen and oxygen atoms in total. The van der Waals surface area contributed by atoms with Crippen LogP contribution in [0.4, 0.5) is 0 Å². The highest BCUT2D eigenvalue weighted by atomic mass is 16.3. The minimum absolute atomic E-state index is 0.0673. The summed E-state index contributed by atoms with van der Waals surface area (Å²) in [5, 5.41) is 2.92. The van der Waals surface area contributed by atoms with E-state index in [1.165, 1.54) is 0 Å². The Labute approximate surface area is 103 Å². The fourth-order valence-corrected chi connectivity index (χ4v) is 1.73. The molecule has 0 bridgehead atoms. The first-order valence-corrected chi connectivity index (χ1v) is 6.16. The molecular weight excluding hydrogens is 216 g/mol. The molecule has 0 aromatic carbocycles. The molecule has 0 radical (unpaired) electrons. The van der Waals surface area contributed by atoms with Crippen molar-refractivity contribution in [2.45, 2.75) is 39.2 Å². The number of carbonyl (C=O) groups is 1. The van der Waals surface area contributed by atoms with E-state index in [2.05, 4.69) is 12.2 Å². The molecule has 0 aliphatic carbocycles. The average molecular weight is 238 g/mol. The lowest BCUT2D eigenvalue weighted by atomic mass is 10.0. The van der Waals surface area contributed by atoms with Crippen molar-refractivity contribution < 1.29 is 9.21 Å². The fourth-order valence-electron chi connectivity index (χ4n) is 1.73. The lowest BCUT2D eigenvalue weighted by molar-refractivity contribution is -0.122. The maximum Gasteiger partial charge on any atom is 0.220 e. The lowest BCUT2D eigenvalue weighted by Crippen LogP contribution is -2.26. The Hall–Kier alpha value is -1.29. The molecule has 3 N–H and O–H groups in total. The Morgan fingerprint density at radius 1 is 1.47 bits per heavy atom. The average Bonchev–Trinajstić information content (AvgIpc) is 2.80. The molecule has 0 saturated heterocycles. The Bertz CT molecular complexity index is 322. The van der Waals surface area contributed by atoms with E-state index in [-0.39, 0.29) is 11.9 Å². The van der Waals surface area contributed by atoms with Crippen LogP contribution in [-0.2, 0) is 4.79 Å². The molecule has 2 unspecified atom stereocenters. The van der Waals surface area contributed by atoms with Crippen molar-refractivity contribution in [3.63, 3.8) is 0 Å². The van der Waals surface area contributed by atoms with Crippen LogP contribution in [0, 0.1) is 5.92 Å². The van der Waals surface area contributed by atoms with Crippen LogP contribution in [0.15, 0.2) is 22.8 Å². The van der Waals surface area contributed by atoms with E-state index in [1.54, 1.807) is 6.26 Å². The van der Waals surface area contributed by atoms with E-state index < -0.39 is 0 Å².